The van der Waals surface area contributed by atoms with Gasteiger partial charge in [-0.3, -0.25) is 0 Å². The molecule has 1 aliphatic heterocycles. The van der Waals surface area contributed by atoms with Crippen LogP contribution < -0.4 is 4.90 Å². The fourth-order valence-electron chi connectivity index (χ4n) is 4.70. The number of allylic oxidation sites excluding steroid dienone is 2. The summed E-state index contributed by atoms with van der Waals surface area (Å²) in [5.41, 5.74) is 4.02. The van der Waals surface area contributed by atoms with Gasteiger partial charge in [0.25, 0.3) is 0 Å². The van der Waals surface area contributed by atoms with Gasteiger partial charge in [0.05, 0.1) is 5.54 Å². The highest BCUT2D eigenvalue weighted by Crippen LogP contribution is 2.47. The number of hydrogen-bond donors (Lipinski definition) is 0. The number of para-hydroxylation sites is 1. The third-order valence-electron chi connectivity index (χ3n) is 6.09. The number of fused-ring (bicyclic) bond motifs is 3. The van der Waals surface area contributed by atoms with Gasteiger partial charge >= 0.3 is 0 Å². The monoisotopic (exact) mass is 337 g/mol. The minimum atomic E-state index is -0.0640. The highest BCUT2D eigenvalue weighted by molar-refractivity contribution is 5.97. The predicted molar refractivity (Wildman–Crippen MR) is 111 cm³/mol. The molecule has 0 saturated carbocycles. The van der Waals surface area contributed by atoms with E-state index in [1.165, 1.54) is 34.1 Å². The first-order chi connectivity index (χ1) is 12.8. The number of hydrogen-bond acceptors (Lipinski definition) is 1. The molecule has 1 heterocycles. The van der Waals surface area contributed by atoms with Crippen LogP contribution in [0.15, 0.2) is 91.0 Å². The van der Waals surface area contributed by atoms with Gasteiger partial charge in [0.1, 0.15) is 0 Å². The molecular formula is C25H23N. The van der Waals surface area contributed by atoms with Crippen molar-refractivity contribution in [2.24, 2.45) is 5.92 Å². The molecule has 5 rings (SSSR count). The van der Waals surface area contributed by atoms with Crippen LogP contribution in [0.1, 0.15) is 18.9 Å². The lowest BCUT2D eigenvalue weighted by Crippen LogP contribution is -2.47. The quantitative estimate of drug-likeness (QED) is 0.495. The highest BCUT2D eigenvalue weighted by atomic mass is 15.2. The van der Waals surface area contributed by atoms with Crippen molar-refractivity contribution < 1.29 is 0 Å². The maximum atomic E-state index is 2.59. The highest BCUT2D eigenvalue weighted by Gasteiger charge is 2.41. The van der Waals surface area contributed by atoms with Gasteiger partial charge in [0.2, 0.25) is 0 Å². The molecule has 0 fully saturated rings. The Labute approximate surface area is 155 Å². The van der Waals surface area contributed by atoms with Crippen molar-refractivity contribution in [3.63, 3.8) is 0 Å². The fraction of sp³-hybridized carbons (Fsp3) is 0.200. The van der Waals surface area contributed by atoms with Crippen LogP contribution in [0.3, 0.4) is 0 Å². The Kier molecular flexibility index (Phi) is 3.49. The van der Waals surface area contributed by atoms with Gasteiger partial charge in [-0.2, -0.15) is 0 Å². The van der Waals surface area contributed by atoms with E-state index in [1.54, 1.807) is 0 Å². The van der Waals surface area contributed by atoms with E-state index in [9.17, 15) is 0 Å². The molecule has 1 aliphatic carbocycles. The molecule has 2 atom stereocenters. The first-order valence-corrected chi connectivity index (χ1v) is 9.49. The first-order valence-electron chi connectivity index (χ1n) is 9.49. The first kappa shape index (κ1) is 15.5. The van der Waals surface area contributed by atoms with E-state index in [4.69, 9.17) is 0 Å². The number of rotatable bonds is 1. The SMILES string of the molecule is CC12C=CC=CC1CCc1ccccc1N2c1cccc2ccccc12. The van der Waals surface area contributed by atoms with Crippen molar-refractivity contribution in [2.75, 3.05) is 4.90 Å². The minimum Gasteiger partial charge on any atom is -0.331 e. The molecule has 0 aromatic heterocycles. The molecule has 2 aliphatic rings. The van der Waals surface area contributed by atoms with E-state index < -0.39 is 0 Å². The number of benzene rings is 3. The summed E-state index contributed by atoms with van der Waals surface area (Å²) in [5, 5.41) is 2.61. The summed E-state index contributed by atoms with van der Waals surface area (Å²) in [6, 6.07) is 24.3. The summed E-state index contributed by atoms with van der Waals surface area (Å²) in [6.07, 6.45) is 11.5. The zero-order valence-electron chi connectivity index (χ0n) is 15.1. The Hall–Kier alpha value is -2.80. The summed E-state index contributed by atoms with van der Waals surface area (Å²) in [6.45, 7) is 2.39. The molecule has 0 spiro atoms. The summed E-state index contributed by atoms with van der Waals surface area (Å²) in [4.78, 5) is 2.59. The molecule has 1 nitrogen and oxygen atoms in total. The second kappa shape index (κ2) is 5.88. The van der Waals surface area contributed by atoms with Crippen LogP contribution in [-0.4, -0.2) is 5.54 Å². The van der Waals surface area contributed by atoms with Crippen molar-refractivity contribution in [3.05, 3.63) is 96.6 Å². The van der Waals surface area contributed by atoms with Gasteiger partial charge in [-0.1, -0.05) is 78.9 Å². The molecule has 128 valence electrons. The average molecular weight is 337 g/mol. The molecule has 0 saturated heterocycles. The van der Waals surface area contributed by atoms with Gasteiger partial charge in [0, 0.05) is 22.7 Å². The van der Waals surface area contributed by atoms with Crippen LogP contribution >= 0.6 is 0 Å². The predicted octanol–water partition coefficient (Wildman–Crippen LogP) is 6.43. The molecule has 26 heavy (non-hydrogen) atoms. The molecule has 2 unspecified atom stereocenters. The van der Waals surface area contributed by atoms with E-state index in [1.807, 2.05) is 0 Å². The second-order valence-electron chi connectivity index (χ2n) is 7.58. The lowest BCUT2D eigenvalue weighted by atomic mass is 9.78. The molecule has 0 radical (unpaired) electrons. The summed E-state index contributed by atoms with van der Waals surface area (Å²) < 4.78 is 0. The molecule has 1 heteroatoms. The van der Waals surface area contributed by atoms with Crippen LogP contribution in [0.4, 0.5) is 11.4 Å². The van der Waals surface area contributed by atoms with Crippen LogP contribution in [0, 0.1) is 5.92 Å². The largest absolute Gasteiger partial charge is 0.331 e. The zero-order valence-corrected chi connectivity index (χ0v) is 15.1. The third kappa shape index (κ3) is 2.24. The molecule has 3 aromatic rings. The topological polar surface area (TPSA) is 3.24 Å². The lowest BCUT2D eigenvalue weighted by Gasteiger charge is -2.45. The molecule has 3 aromatic carbocycles. The van der Waals surface area contributed by atoms with E-state index in [2.05, 4.69) is 103 Å². The van der Waals surface area contributed by atoms with Crippen molar-refractivity contribution in [1.82, 2.24) is 0 Å². The summed E-state index contributed by atoms with van der Waals surface area (Å²) in [7, 11) is 0. The molecular weight excluding hydrogens is 314 g/mol. The van der Waals surface area contributed by atoms with Gasteiger partial charge in [0.15, 0.2) is 0 Å². The van der Waals surface area contributed by atoms with Gasteiger partial charge in [-0.05, 0) is 42.8 Å². The zero-order chi connectivity index (χ0) is 17.6. The smallest absolute Gasteiger partial charge is 0.0671 e. The lowest BCUT2D eigenvalue weighted by molar-refractivity contribution is 0.405. The Morgan fingerprint density at radius 1 is 0.846 bits per heavy atom. The number of anilines is 2. The Morgan fingerprint density at radius 3 is 2.58 bits per heavy atom. The summed E-state index contributed by atoms with van der Waals surface area (Å²) in [5.74, 6) is 0.499. The van der Waals surface area contributed by atoms with Crippen LogP contribution in [-0.2, 0) is 6.42 Å². The van der Waals surface area contributed by atoms with Gasteiger partial charge < -0.3 is 4.90 Å². The van der Waals surface area contributed by atoms with Gasteiger partial charge in [-0.25, -0.2) is 0 Å². The van der Waals surface area contributed by atoms with E-state index in [0.29, 0.717) is 5.92 Å². The van der Waals surface area contributed by atoms with Crippen molar-refractivity contribution in [1.29, 1.82) is 0 Å². The molecule has 0 amide bonds. The maximum Gasteiger partial charge on any atom is 0.0671 e. The van der Waals surface area contributed by atoms with Crippen molar-refractivity contribution in [3.8, 4) is 0 Å². The summed E-state index contributed by atoms with van der Waals surface area (Å²) >= 11 is 0. The van der Waals surface area contributed by atoms with E-state index in [-0.39, 0.29) is 5.54 Å². The van der Waals surface area contributed by atoms with Crippen LogP contribution in [0.5, 0.6) is 0 Å². The van der Waals surface area contributed by atoms with Crippen molar-refractivity contribution in [2.45, 2.75) is 25.3 Å². The average Bonchev–Trinajstić information content (AvgIpc) is 2.81. The minimum absolute atomic E-state index is 0.0640. The van der Waals surface area contributed by atoms with Crippen LogP contribution in [0.25, 0.3) is 10.8 Å². The fourth-order valence-corrected chi connectivity index (χ4v) is 4.70. The standard InChI is InChI=1S/C25H23N/c1-25-18-7-6-12-21(25)17-16-20-10-3-5-14-23(20)26(25)24-15-8-11-19-9-2-4-13-22(19)24/h2-15,18,21H,16-17H2,1H3. The molecule has 0 bridgehead atoms. The van der Waals surface area contributed by atoms with Crippen LogP contribution in [0.2, 0.25) is 0 Å². The second-order valence-corrected chi connectivity index (χ2v) is 7.58. The normalized spacial score (nSPS) is 24.2. The third-order valence-corrected chi connectivity index (χ3v) is 6.09. The van der Waals surface area contributed by atoms with Gasteiger partial charge in [-0.15, -0.1) is 0 Å². The van der Waals surface area contributed by atoms with Crippen molar-refractivity contribution >= 4 is 22.1 Å². The Balaban J connectivity index is 1.83. The number of aryl methyl sites for hydroxylation is 1. The Morgan fingerprint density at radius 2 is 1.62 bits per heavy atom. The molecule has 0 N–H and O–H groups in total. The number of nitrogens with zero attached hydrogens (tertiary/aromatic N) is 1. The van der Waals surface area contributed by atoms with E-state index in [0.717, 1.165) is 6.42 Å². The van der Waals surface area contributed by atoms with E-state index >= 15 is 0 Å². The maximum absolute atomic E-state index is 2.59. The Bertz CT molecular complexity index is 1020.